The van der Waals surface area contributed by atoms with E-state index in [1.165, 1.54) is 24.3 Å². The molecule has 0 aliphatic heterocycles. The van der Waals surface area contributed by atoms with Crippen LogP contribution >= 0.6 is 0 Å². The third-order valence-electron chi connectivity index (χ3n) is 2.78. The lowest BCUT2D eigenvalue weighted by atomic mass is 10.2. The van der Waals surface area contributed by atoms with E-state index in [-0.39, 0.29) is 0 Å². The Morgan fingerprint density at radius 1 is 0.895 bits per heavy atom. The molecule has 0 saturated heterocycles. The van der Waals surface area contributed by atoms with Gasteiger partial charge in [-0.15, -0.1) is 0 Å². The Bertz CT molecular complexity index is 560. The highest BCUT2D eigenvalue weighted by Gasteiger charge is 2.30. The van der Waals surface area contributed by atoms with Crippen LogP contribution in [0.1, 0.15) is 5.56 Å². The van der Waals surface area contributed by atoms with Gasteiger partial charge in [0.25, 0.3) is 0 Å². The first-order valence-corrected chi connectivity index (χ1v) is 5.54. The molecule has 0 fully saturated rings. The number of rotatable bonds is 2. The van der Waals surface area contributed by atoms with Crippen LogP contribution in [-0.4, -0.2) is 7.05 Å². The van der Waals surface area contributed by atoms with Crippen molar-refractivity contribution in [1.82, 2.24) is 0 Å². The lowest BCUT2D eigenvalue weighted by Crippen LogP contribution is -2.10. The smallest absolute Gasteiger partial charge is 0.345 e. The van der Waals surface area contributed by atoms with Crippen molar-refractivity contribution in [3.63, 3.8) is 0 Å². The molecule has 2 aromatic carbocycles. The average molecular weight is 269 g/mol. The summed E-state index contributed by atoms with van der Waals surface area (Å²) in [6.45, 7) is 0. The minimum atomic E-state index is -4.35. The van der Waals surface area contributed by atoms with E-state index in [4.69, 9.17) is 0 Å². The molecule has 0 aromatic heterocycles. The van der Waals surface area contributed by atoms with Crippen molar-refractivity contribution < 1.29 is 17.6 Å². The Kier molecular flexibility index (Phi) is 3.46. The van der Waals surface area contributed by atoms with Crippen molar-refractivity contribution in [3.05, 3.63) is 59.9 Å². The minimum absolute atomic E-state index is 0.392. The zero-order valence-corrected chi connectivity index (χ0v) is 10.1. The third-order valence-corrected chi connectivity index (χ3v) is 2.78. The standard InChI is InChI=1S/C14H11F4N/c1-19(13-4-2-3-11(15)9-13)12-7-5-10(6-8-12)14(16,17)18/h2-9H,1H3. The molecule has 2 aromatic rings. The topological polar surface area (TPSA) is 3.24 Å². The monoisotopic (exact) mass is 269 g/mol. The van der Waals surface area contributed by atoms with Gasteiger partial charge < -0.3 is 4.90 Å². The molecule has 0 bridgehead atoms. The number of halogens is 4. The van der Waals surface area contributed by atoms with Crippen molar-refractivity contribution >= 4 is 11.4 Å². The minimum Gasteiger partial charge on any atom is -0.345 e. The first-order chi connectivity index (χ1) is 8.88. The van der Waals surface area contributed by atoms with E-state index < -0.39 is 17.6 Å². The summed E-state index contributed by atoms with van der Waals surface area (Å²) in [5, 5.41) is 0. The normalized spacial score (nSPS) is 11.4. The number of nitrogens with zero attached hydrogens (tertiary/aromatic N) is 1. The maximum absolute atomic E-state index is 13.1. The van der Waals surface area contributed by atoms with E-state index in [0.717, 1.165) is 12.1 Å². The number of alkyl halides is 3. The Balaban J connectivity index is 2.27. The molecule has 0 amide bonds. The van der Waals surface area contributed by atoms with Crippen molar-refractivity contribution in [2.24, 2.45) is 0 Å². The zero-order valence-electron chi connectivity index (χ0n) is 10.1. The second-order valence-electron chi connectivity index (χ2n) is 4.08. The first-order valence-electron chi connectivity index (χ1n) is 5.54. The summed E-state index contributed by atoms with van der Waals surface area (Å²) in [7, 11) is 1.66. The van der Waals surface area contributed by atoms with E-state index in [1.54, 1.807) is 24.1 Å². The second-order valence-corrected chi connectivity index (χ2v) is 4.08. The van der Waals surface area contributed by atoms with E-state index in [9.17, 15) is 17.6 Å². The first kappa shape index (κ1) is 13.4. The number of hydrogen-bond acceptors (Lipinski definition) is 1. The molecule has 0 spiro atoms. The van der Waals surface area contributed by atoms with Crippen LogP contribution in [0.4, 0.5) is 28.9 Å². The van der Waals surface area contributed by atoms with Crippen molar-refractivity contribution in [2.45, 2.75) is 6.18 Å². The Labute approximate surface area is 108 Å². The van der Waals surface area contributed by atoms with Crippen LogP contribution in [0.25, 0.3) is 0 Å². The van der Waals surface area contributed by atoms with Crippen LogP contribution in [0.2, 0.25) is 0 Å². The zero-order chi connectivity index (χ0) is 14.0. The third kappa shape index (κ3) is 3.05. The van der Waals surface area contributed by atoms with Gasteiger partial charge in [0, 0.05) is 18.4 Å². The van der Waals surface area contributed by atoms with Crippen molar-refractivity contribution in [3.8, 4) is 0 Å². The highest BCUT2D eigenvalue weighted by molar-refractivity contribution is 5.62. The molecule has 0 N–H and O–H groups in total. The lowest BCUT2D eigenvalue weighted by Gasteiger charge is -2.20. The molecular weight excluding hydrogens is 258 g/mol. The van der Waals surface area contributed by atoms with Gasteiger partial charge in [-0.25, -0.2) is 4.39 Å². The maximum atomic E-state index is 13.1. The lowest BCUT2D eigenvalue weighted by molar-refractivity contribution is -0.137. The second kappa shape index (κ2) is 4.91. The van der Waals surface area contributed by atoms with Crippen LogP contribution in [0.5, 0.6) is 0 Å². The molecule has 0 heterocycles. The van der Waals surface area contributed by atoms with Gasteiger partial charge in [0.1, 0.15) is 5.82 Å². The van der Waals surface area contributed by atoms with Gasteiger partial charge in [0.2, 0.25) is 0 Å². The molecule has 19 heavy (non-hydrogen) atoms. The summed E-state index contributed by atoms with van der Waals surface area (Å²) in [5.74, 6) is -0.392. The molecule has 0 radical (unpaired) electrons. The van der Waals surface area contributed by atoms with Crippen LogP contribution in [0.3, 0.4) is 0 Å². The van der Waals surface area contributed by atoms with Crippen molar-refractivity contribution in [2.75, 3.05) is 11.9 Å². The average Bonchev–Trinajstić information content (AvgIpc) is 2.37. The SMILES string of the molecule is CN(c1ccc(C(F)(F)F)cc1)c1cccc(F)c1. The van der Waals surface area contributed by atoms with Gasteiger partial charge in [0.05, 0.1) is 5.56 Å². The number of anilines is 2. The maximum Gasteiger partial charge on any atom is 0.416 e. The molecule has 5 heteroatoms. The van der Waals surface area contributed by atoms with Gasteiger partial charge in [-0.2, -0.15) is 13.2 Å². The molecule has 100 valence electrons. The van der Waals surface area contributed by atoms with Gasteiger partial charge in [-0.05, 0) is 42.5 Å². The largest absolute Gasteiger partial charge is 0.416 e. The summed E-state index contributed by atoms with van der Waals surface area (Å²) < 4.78 is 50.4. The number of benzene rings is 2. The quantitative estimate of drug-likeness (QED) is 0.719. The molecule has 2 rings (SSSR count). The Hall–Kier alpha value is -2.04. The molecule has 0 unspecified atom stereocenters. The van der Waals surface area contributed by atoms with E-state index >= 15 is 0 Å². The molecule has 0 atom stereocenters. The fraction of sp³-hybridized carbons (Fsp3) is 0.143. The number of hydrogen-bond donors (Lipinski definition) is 0. The van der Waals surface area contributed by atoms with Crippen molar-refractivity contribution in [1.29, 1.82) is 0 Å². The fourth-order valence-electron chi connectivity index (χ4n) is 1.71. The Morgan fingerprint density at radius 2 is 1.53 bits per heavy atom. The predicted molar refractivity (Wildman–Crippen MR) is 65.9 cm³/mol. The molecular formula is C14H11F4N. The van der Waals surface area contributed by atoms with Gasteiger partial charge in [-0.1, -0.05) is 6.07 Å². The highest BCUT2D eigenvalue weighted by atomic mass is 19.4. The van der Waals surface area contributed by atoms with E-state index in [2.05, 4.69) is 0 Å². The van der Waals surface area contributed by atoms with Crippen LogP contribution in [0.15, 0.2) is 48.5 Å². The van der Waals surface area contributed by atoms with Crippen LogP contribution in [-0.2, 0) is 6.18 Å². The summed E-state index contributed by atoms with van der Waals surface area (Å²) >= 11 is 0. The van der Waals surface area contributed by atoms with Gasteiger partial charge >= 0.3 is 6.18 Å². The summed E-state index contributed by atoms with van der Waals surface area (Å²) in [6.07, 6.45) is -4.35. The molecule has 1 nitrogen and oxygen atoms in total. The molecule has 0 saturated carbocycles. The van der Waals surface area contributed by atoms with E-state index in [0.29, 0.717) is 11.4 Å². The molecule has 0 aliphatic carbocycles. The predicted octanol–water partition coefficient (Wildman–Crippen LogP) is 4.61. The summed E-state index contributed by atoms with van der Waals surface area (Å²) in [5.41, 5.74) is 0.419. The van der Waals surface area contributed by atoms with Gasteiger partial charge in [0.15, 0.2) is 0 Å². The molecule has 0 aliphatic rings. The van der Waals surface area contributed by atoms with Crippen LogP contribution < -0.4 is 4.90 Å². The fourth-order valence-corrected chi connectivity index (χ4v) is 1.71. The highest BCUT2D eigenvalue weighted by Crippen LogP contribution is 2.31. The van der Waals surface area contributed by atoms with E-state index in [1.807, 2.05) is 0 Å². The summed E-state index contributed by atoms with van der Waals surface area (Å²) in [6, 6.07) is 10.6. The summed E-state index contributed by atoms with van der Waals surface area (Å²) in [4.78, 5) is 1.61. The van der Waals surface area contributed by atoms with Crippen LogP contribution in [0, 0.1) is 5.82 Å². The van der Waals surface area contributed by atoms with Gasteiger partial charge in [-0.3, -0.25) is 0 Å². The Morgan fingerprint density at radius 3 is 2.05 bits per heavy atom.